The molecule has 0 aliphatic carbocycles. The molecule has 2 aliphatic rings. The van der Waals surface area contributed by atoms with Crippen molar-refractivity contribution in [2.24, 2.45) is 7.05 Å². The topological polar surface area (TPSA) is 40.5 Å². The molecule has 2 saturated heterocycles. The van der Waals surface area contributed by atoms with E-state index in [1.54, 1.807) is 0 Å². The van der Waals surface area contributed by atoms with Gasteiger partial charge < -0.3 is 14.8 Å². The van der Waals surface area contributed by atoms with Crippen molar-refractivity contribution < 1.29 is 4.79 Å². The maximum Gasteiger partial charge on any atom is 0.270 e. The lowest BCUT2D eigenvalue weighted by molar-refractivity contribution is 0.0575. The van der Waals surface area contributed by atoms with Gasteiger partial charge in [0.1, 0.15) is 5.69 Å². The highest BCUT2D eigenvalue weighted by molar-refractivity contribution is 9.10. The molecule has 0 spiro atoms. The molecule has 1 amide bonds. The molecule has 1 aromatic rings. The molecule has 6 heteroatoms. The van der Waals surface area contributed by atoms with Gasteiger partial charge in [-0.25, -0.2) is 0 Å². The summed E-state index contributed by atoms with van der Waals surface area (Å²) in [5.74, 6) is 0.141. The third-order valence-corrected chi connectivity index (χ3v) is 4.78. The van der Waals surface area contributed by atoms with Crippen molar-refractivity contribution in [2.45, 2.75) is 12.5 Å². The molecule has 3 heterocycles. The summed E-state index contributed by atoms with van der Waals surface area (Å²) >= 11 is 3.42. The van der Waals surface area contributed by atoms with Crippen LogP contribution in [0.1, 0.15) is 16.9 Å². The number of rotatable bonds is 2. The minimum Gasteiger partial charge on any atom is -0.345 e. The van der Waals surface area contributed by atoms with Crippen LogP contribution in [0.3, 0.4) is 0 Å². The molecule has 1 N–H and O–H groups in total. The van der Waals surface area contributed by atoms with Crippen molar-refractivity contribution >= 4 is 21.8 Å². The molecule has 1 aromatic heterocycles. The Labute approximate surface area is 128 Å². The van der Waals surface area contributed by atoms with Gasteiger partial charge in [0, 0.05) is 56.5 Å². The molecular formula is C14H21BrN4O. The summed E-state index contributed by atoms with van der Waals surface area (Å²) in [4.78, 5) is 17.0. The second-order valence-electron chi connectivity index (χ2n) is 5.63. The van der Waals surface area contributed by atoms with Gasteiger partial charge in [-0.1, -0.05) is 0 Å². The zero-order valence-electron chi connectivity index (χ0n) is 11.8. The Morgan fingerprint density at radius 3 is 2.65 bits per heavy atom. The summed E-state index contributed by atoms with van der Waals surface area (Å²) in [7, 11) is 1.92. The molecular weight excluding hydrogens is 320 g/mol. The van der Waals surface area contributed by atoms with Crippen LogP contribution in [0.25, 0.3) is 0 Å². The molecule has 2 fully saturated rings. The minimum atomic E-state index is 0.141. The van der Waals surface area contributed by atoms with Gasteiger partial charge in [0.25, 0.3) is 5.91 Å². The van der Waals surface area contributed by atoms with E-state index in [9.17, 15) is 4.79 Å². The van der Waals surface area contributed by atoms with E-state index in [1.165, 1.54) is 6.42 Å². The smallest absolute Gasteiger partial charge is 0.270 e. The van der Waals surface area contributed by atoms with Crippen molar-refractivity contribution in [3.8, 4) is 0 Å². The van der Waals surface area contributed by atoms with Crippen LogP contribution in [0.2, 0.25) is 0 Å². The summed E-state index contributed by atoms with van der Waals surface area (Å²) < 4.78 is 2.85. The molecule has 0 radical (unpaired) electrons. The van der Waals surface area contributed by atoms with E-state index < -0.39 is 0 Å². The summed E-state index contributed by atoms with van der Waals surface area (Å²) in [6.07, 6.45) is 3.16. The quantitative estimate of drug-likeness (QED) is 0.869. The zero-order valence-corrected chi connectivity index (χ0v) is 13.4. The molecule has 20 heavy (non-hydrogen) atoms. The van der Waals surface area contributed by atoms with Crippen LogP contribution in [0.15, 0.2) is 16.7 Å². The Hall–Kier alpha value is -0.850. The van der Waals surface area contributed by atoms with Crippen LogP contribution >= 0.6 is 15.9 Å². The van der Waals surface area contributed by atoms with Gasteiger partial charge in [-0.15, -0.1) is 0 Å². The summed E-state index contributed by atoms with van der Waals surface area (Å²) in [5, 5.41) is 3.41. The van der Waals surface area contributed by atoms with Crippen LogP contribution in [0.5, 0.6) is 0 Å². The summed E-state index contributed by atoms with van der Waals surface area (Å²) in [6.45, 7) is 5.86. The van der Waals surface area contributed by atoms with Crippen LogP contribution in [-0.4, -0.2) is 65.6 Å². The maximum atomic E-state index is 12.5. The van der Waals surface area contributed by atoms with Gasteiger partial charge >= 0.3 is 0 Å². The van der Waals surface area contributed by atoms with Crippen LogP contribution in [0, 0.1) is 0 Å². The number of nitrogens with one attached hydrogen (secondary N) is 1. The number of hydrogen-bond donors (Lipinski definition) is 1. The standard InChI is InChI=1S/C14H21BrN4O/c1-17-10-11(15)8-13(17)14(20)19-6-4-18(5-7-19)12-2-3-16-9-12/h8,10,12,16H,2-7,9H2,1H3. The van der Waals surface area contributed by atoms with Gasteiger partial charge in [-0.05, 0) is 35.0 Å². The number of amides is 1. The van der Waals surface area contributed by atoms with E-state index in [0.717, 1.165) is 49.4 Å². The first-order valence-electron chi connectivity index (χ1n) is 7.21. The molecule has 1 atom stereocenters. The highest BCUT2D eigenvalue weighted by atomic mass is 79.9. The average Bonchev–Trinajstić information content (AvgIpc) is 3.08. The molecule has 3 rings (SSSR count). The predicted molar refractivity (Wildman–Crippen MR) is 81.9 cm³/mol. The Morgan fingerprint density at radius 2 is 2.10 bits per heavy atom. The Balaban J connectivity index is 1.60. The van der Waals surface area contributed by atoms with Gasteiger partial charge in [-0.2, -0.15) is 0 Å². The maximum absolute atomic E-state index is 12.5. The summed E-state index contributed by atoms with van der Waals surface area (Å²) in [6, 6.07) is 2.56. The fourth-order valence-electron chi connectivity index (χ4n) is 3.14. The van der Waals surface area contributed by atoms with Crippen LogP contribution in [-0.2, 0) is 7.05 Å². The predicted octanol–water partition coefficient (Wildman–Crippen LogP) is 0.907. The number of halogens is 1. The van der Waals surface area contributed by atoms with Gasteiger partial charge in [0.2, 0.25) is 0 Å². The third-order valence-electron chi connectivity index (χ3n) is 4.34. The monoisotopic (exact) mass is 340 g/mol. The van der Waals surface area contributed by atoms with Crippen molar-refractivity contribution in [3.63, 3.8) is 0 Å². The first-order chi connectivity index (χ1) is 9.65. The van der Waals surface area contributed by atoms with E-state index >= 15 is 0 Å². The number of piperazine rings is 1. The molecule has 1 unspecified atom stereocenters. The SMILES string of the molecule is Cn1cc(Br)cc1C(=O)N1CCN(C2CCNC2)CC1. The van der Waals surface area contributed by atoms with Crippen LogP contribution < -0.4 is 5.32 Å². The van der Waals surface area contributed by atoms with E-state index in [-0.39, 0.29) is 5.91 Å². The lowest BCUT2D eigenvalue weighted by Gasteiger charge is -2.37. The van der Waals surface area contributed by atoms with Gasteiger partial charge in [0.15, 0.2) is 0 Å². The molecule has 0 saturated carbocycles. The van der Waals surface area contributed by atoms with E-state index in [4.69, 9.17) is 0 Å². The fraction of sp³-hybridized carbons (Fsp3) is 0.643. The Kier molecular flexibility index (Phi) is 4.14. The summed E-state index contributed by atoms with van der Waals surface area (Å²) in [5.41, 5.74) is 0.757. The number of aromatic nitrogens is 1. The highest BCUT2D eigenvalue weighted by Crippen LogP contribution is 2.17. The minimum absolute atomic E-state index is 0.141. The molecule has 0 aromatic carbocycles. The first kappa shape index (κ1) is 14.1. The molecule has 0 bridgehead atoms. The van der Waals surface area contributed by atoms with Crippen molar-refractivity contribution in [1.29, 1.82) is 0 Å². The number of aryl methyl sites for hydroxylation is 1. The van der Waals surface area contributed by atoms with Crippen molar-refractivity contribution in [3.05, 3.63) is 22.4 Å². The Bertz CT molecular complexity index is 487. The fourth-order valence-corrected chi connectivity index (χ4v) is 3.66. The lowest BCUT2D eigenvalue weighted by Crippen LogP contribution is -2.52. The number of carbonyl (C=O) groups is 1. The number of nitrogens with zero attached hydrogens (tertiary/aromatic N) is 3. The van der Waals surface area contributed by atoms with E-state index in [1.807, 2.05) is 28.8 Å². The van der Waals surface area contributed by atoms with E-state index in [0.29, 0.717) is 6.04 Å². The average molecular weight is 341 g/mol. The largest absolute Gasteiger partial charge is 0.345 e. The van der Waals surface area contributed by atoms with Crippen molar-refractivity contribution in [2.75, 3.05) is 39.3 Å². The molecule has 5 nitrogen and oxygen atoms in total. The second-order valence-corrected chi connectivity index (χ2v) is 6.54. The molecule has 2 aliphatic heterocycles. The zero-order chi connectivity index (χ0) is 14.1. The third kappa shape index (κ3) is 2.77. The highest BCUT2D eigenvalue weighted by Gasteiger charge is 2.28. The first-order valence-corrected chi connectivity index (χ1v) is 8.00. The van der Waals surface area contributed by atoms with Gasteiger partial charge in [-0.3, -0.25) is 9.69 Å². The lowest BCUT2D eigenvalue weighted by atomic mass is 10.2. The normalized spacial score (nSPS) is 24.3. The Morgan fingerprint density at radius 1 is 1.35 bits per heavy atom. The molecule has 110 valence electrons. The van der Waals surface area contributed by atoms with Crippen LogP contribution in [0.4, 0.5) is 0 Å². The number of carbonyl (C=O) groups excluding carboxylic acids is 1. The van der Waals surface area contributed by atoms with Gasteiger partial charge in [0.05, 0.1) is 0 Å². The van der Waals surface area contributed by atoms with Crippen molar-refractivity contribution in [1.82, 2.24) is 19.7 Å². The second kappa shape index (κ2) is 5.87. The van der Waals surface area contributed by atoms with E-state index in [2.05, 4.69) is 26.1 Å². The number of hydrogen-bond acceptors (Lipinski definition) is 3.